The Labute approximate surface area is 210 Å². The summed E-state index contributed by atoms with van der Waals surface area (Å²) >= 11 is 14.0. The van der Waals surface area contributed by atoms with E-state index >= 15 is 0 Å². The largest absolute Gasteiger partial charge is 0.383 e. The summed E-state index contributed by atoms with van der Waals surface area (Å²) in [5.74, 6) is 0.972. The van der Waals surface area contributed by atoms with E-state index in [4.69, 9.17) is 27.9 Å². The molecule has 8 heteroatoms. The number of methoxy groups -OCH3 is 1. The Bertz CT molecular complexity index is 970. The molecular weight excluding hydrogens is 479 g/mol. The molecule has 5 nitrogen and oxygen atoms in total. The van der Waals surface area contributed by atoms with Gasteiger partial charge < -0.3 is 15.0 Å². The molecule has 1 heterocycles. The number of anilines is 1. The van der Waals surface area contributed by atoms with Crippen LogP contribution in [0.15, 0.2) is 48.5 Å². The van der Waals surface area contributed by atoms with Gasteiger partial charge in [-0.2, -0.15) is 0 Å². The van der Waals surface area contributed by atoms with Gasteiger partial charge in [0.1, 0.15) is 4.75 Å². The number of carbonyl (C=O) groups excluding carboxylic acids is 2. The van der Waals surface area contributed by atoms with Gasteiger partial charge >= 0.3 is 0 Å². The third kappa shape index (κ3) is 6.04. The number of hydrogen-bond acceptors (Lipinski definition) is 4. The minimum absolute atomic E-state index is 0.0917. The molecule has 1 saturated heterocycles. The van der Waals surface area contributed by atoms with Crippen molar-refractivity contribution in [3.05, 3.63) is 64.1 Å². The number of halogens is 2. The van der Waals surface area contributed by atoms with Crippen molar-refractivity contribution in [3.8, 4) is 0 Å². The van der Waals surface area contributed by atoms with Crippen LogP contribution in [0.2, 0.25) is 10.0 Å². The second kappa shape index (κ2) is 11.6. The van der Waals surface area contributed by atoms with Crippen LogP contribution >= 0.6 is 35.0 Å². The summed E-state index contributed by atoms with van der Waals surface area (Å²) in [5, 5.41) is 4.13. The summed E-state index contributed by atoms with van der Waals surface area (Å²) in [7, 11) is 1.59. The fourth-order valence-corrected chi connectivity index (χ4v) is 6.13. The summed E-state index contributed by atoms with van der Waals surface area (Å²) < 4.78 is 4.12. The van der Waals surface area contributed by atoms with Crippen molar-refractivity contribution in [2.75, 3.05) is 30.9 Å². The second-order valence-corrected chi connectivity index (χ2v) is 10.8. The number of hydrogen-bond donors (Lipinski definition) is 1. The first-order valence-electron chi connectivity index (χ1n) is 11.0. The van der Waals surface area contributed by atoms with E-state index in [-0.39, 0.29) is 18.2 Å². The lowest BCUT2D eigenvalue weighted by Crippen LogP contribution is -2.49. The molecule has 2 unspecified atom stereocenters. The Morgan fingerprint density at radius 1 is 1.21 bits per heavy atom. The number of ether oxygens (including phenoxy) is 1. The van der Waals surface area contributed by atoms with E-state index in [9.17, 15) is 9.59 Å². The maximum Gasteiger partial charge on any atom is 0.239 e. The molecular formula is C25H30Cl2N2O3S. The molecule has 1 aliphatic rings. The van der Waals surface area contributed by atoms with Crippen LogP contribution in [0.3, 0.4) is 0 Å². The van der Waals surface area contributed by atoms with E-state index in [1.165, 1.54) is 0 Å². The van der Waals surface area contributed by atoms with Crippen molar-refractivity contribution >= 4 is 52.5 Å². The molecule has 2 aromatic carbocycles. The predicted octanol–water partition coefficient (Wildman–Crippen LogP) is 5.75. The highest BCUT2D eigenvalue weighted by Crippen LogP contribution is 2.52. The zero-order valence-corrected chi connectivity index (χ0v) is 21.5. The Kier molecular flexibility index (Phi) is 9.10. The fraction of sp³-hybridized carbons (Fsp3) is 0.440. The molecule has 2 aromatic rings. The van der Waals surface area contributed by atoms with Gasteiger partial charge in [-0.15, -0.1) is 11.8 Å². The van der Waals surface area contributed by atoms with Gasteiger partial charge in [-0.25, -0.2) is 0 Å². The first kappa shape index (κ1) is 25.9. The van der Waals surface area contributed by atoms with Crippen LogP contribution in [0.4, 0.5) is 5.69 Å². The number of rotatable bonds is 10. The number of nitrogens with zero attached hydrogens (tertiary/aromatic N) is 1. The van der Waals surface area contributed by atoms with Crippen molar-refractivity contribution in [2.45, 2.75) is 37.5 Å². The minimum Gasteiger partial charge on any atom is -0.383 e. The lowest BCUT2D eigenvalue weighted by Gasteiger charge is -2.37. The van der Waals surface area contributed by atoms with Gasteiger partial charge in [-0.3, -0.25) is 9.59 Å². The Balaban J connectivity index is 2.11. The molecule has 0 aromatic heterocycles. The highest BCUT2D eigenvalue weighted by atomic mass is 35.5. The van der Waals surface area contributed by atoms with Crippen molar-refractivity contribution in [3.63, 3.8) is 0 Å². The molecule has 1 N–H and O–H groups in total. The lowest BCUT2D eigenvalue weighted by molar-refractivity contribution is -0.125. The quantitative estimate of drug-likeness (QED) is 0.415. The first-order valence-corrected chi connectivity index (χ1v) is 12.8. The first-order chi connectivity index (χ1) is 15.8. The zero-order valence-electron chi connectivity index (χ0n) is 19.1. The van der Waals surface area contributed by atoms with Crippen LogP contribution in [-0.4, -0.2) is 42.6 Å². The van der Waals surface area contributed by atoms with Gasteiger partial charge in [0.2, 0.25) is 11.8 Å². The summed E-state index contributed by atoms with van der Waals surface area (Å²) in [6.07, 6.45) is 1.03. The third-order valence-corrected chi connectivity index (χ3v) is 7.68. The van der Waals surface area contributed by atoms with Crippen LogP contribution < -0.4 is 10.2 Å². The van der Waals surface area contributed by atoms with Crippen molar-refractivity contribution < 1.29 is 14.3 Å². The van der Waals surface area contributed by atoms with Crippen molar-refractivity contribution in [1.29, 1.82) is 0 Å². The average molecular weight is 509 g/mol. The molecule has 33 heavy (non-hydrogen) atoms. The van der Waals surface area contributed by atoms with Gasteiger partial charge in [0.05, 0.1) is 19.1 Å². The van der Waals surface area contributed by atoms with Gasteiger partial charge in [-0.1, -0.05) is 55.2 Å². The number of nitrogens with one attached hydrogen (secondary N) is 1. The molecule has 1 fully saturated rings. The van der Waals surface area contributed by atoms with Crippen LogP contribution in [0.25, 0.3) is 0 Å². The topological polar surface area (TPSA) is 58.6 Å². The number of amides is 2. The average Bonchev–Trinajstić information content (AvgIpc) is 3.07. The third-order valence-electron chi connectivity index (χ3n) is 5.69. The smallest absolute Gasteiger partial charge is 0.239 e. The normalized spacial score (nSPS) is 20.5. The molecule has 1 aliphatic heterocycles. The molecule has 0 radical (unpaired) electrons. The highest BCUT2D eigenvalue weighted by Gasteiger charge is 2.58. The summed E-state index contributed by atoms with van der Waals surface area (Å²) in [6, 6.07) is 14.1. The van der Waals surface area contributed by atoms with Crippen LogP contribution in [0, 0.1) is 5.92 Å². The monoisotopic (exact) mass is 508 g/mol. The highest BCUT2D eigenvalue weighted by molar-refractivity contribution is 8.01. The van der Waals surface area contributed by atoms with Gasteiger partial charge in [0, 0.05) is 29.4 Å². The molecule has 0 saturated carbocycles. The van der Waals surface area contributed by atoms with Crippen LogP contribution in [0.5, 0.6) is 0 Å². The minimum atomic E-state index is -1.00. The van der Waals surface area contributed by atoms with E-state index in [0.29, 0.717) is 34.8 Å². The van der Waals surface area contributed by atoms with E-state index in [0.717, 1.165) is 17.7 Å². The van der Waals surface area contributed by atoms with Gasteiger partial charge in [-0.05, 0) is 54.0 Å². The molecule has 0 spiro atoms. The number of thioether (sulfide) groups is 1. The number of benzene rings is 2. The van der Waals surface area contributed by atoms with E-state index < -0.39 is 10.8 Å². The Morgan fingerprint density at radius 3 is 2.58 bits per heavy atom. The maximum absolute atomic E-state index is 13.7. The standard InChI is InChI=1S/C25H30Cl2N2O3S/c1-17(2)11-14-33-25(24(31)28-12-13-32-3)16-22(30)29(21-6-4-5-20(27)15-21)23(25)18-7-9-19(26)10-8-18/h4-10,15,17,23H,11-14,16H2,1-3H3,(H,28,31). The van der Waals surface area contributed by atoms with E-state index in [1.807, 2.05) is 24.3 Å². The van der Waals surface area contributed by atoms with Gasteiger partial charge in [0.25, 0.3) is 0 Å². The Hall–Kier alpha value is -1.73. The summed E-state index contributed by atoms with van der Waals surface area (Å²) in [5.41, 5.74) is 1.52. The molecule has 3 rings (SSSR count). The SMILES string of the molecule is COCCNC(=O)C1(SCCC(C)C)CC(=O)N(c2cccc(Cl)c2)C1c1ccc(Cl)cc1. The molecule has 2 atom stereocenters. The maximum atomic E-state index is 13.7. The molecule has 178 valence electrons. The fourth-order valence-electron chi connectivity index (χ4n) is 4.03. The van der Waals surface area contributed by atoms with Crippen molar-refractivity contribution in [2.24, 2.45) is 5.92 Å². The molecule has 0 bridgehead atoms. The van der Waals surface area contributed by atoms with Crippen molar-refractivity contribution in [1.82, 2.24) is 5.32 Å². The second-order valence-electron chi connectivity index (χ2n) is 8.54. The van der Waals surface area contributed by atoms with E-state index in [1.54, 1.807) is 48.0 Å². The number of carbonyl (C=O) groups is 2. The van der Waals surface area contributed by atoms with Crippen LogP contribution in [0.1, 0.15) is 38.3 Å². The lowest BCUT2D eigenvalue weighted by atomic mass is 9.91. The molecule has 2 amide bonds. The summed E-state index contributed by atoms with van der Waals surface area (Å²) in [6.45, 7) is 5.08. The molecule has 0 aliphatic carbocycles. The van der Waals surface area contributed by atoms with E-state index in [2.05, 4.69) is 19.2 Å². The summed E-state index contributed by atoms with van der Waals surface area (Å²) in [4.78, 5) is 29.0. The zero-order chi connectivity index (χ0) is 24.0. The Morgan fingerprint density at radius 2 is 1.94 bits per heavy atom. The van der Waals surface area contributed by atoms with Crippen LogP contribution in [-0.2, 0) is 14.3 Å². The van der Waals surface area contributed by atoms with Gasteiger partial charge in [0.15, 0.2) is 0 Å². The predicted molar refractivity (Wildman–Crippen MR) is 137 cm³/mol.